The summed E-state index contributed by atoms with van der Waals surface area (Å²) in [5.74, 6) is 0.959. The Morgan fingerprint density at radius 1 is 1.00 bits per heavy atom. The van der Waals surface area contributed by atoms with Crippen LogP contribution in [-0.2, 0) is 12.8 Å². The van der Waals surface area contributed by atoms with Gasteiger partial charge in [-0.25, -0.2) is 0 Å². The third-order valence-corrected chi connectivity index (χ3v) is 6.71. The lowest BCUT2D eigenvalue weighted by molar-refractivity contribution is 0.227. The predicted octanol–water partition coefficient (Wildman–Crippen LogP) is 6.27. The Balaban J connectivity index is 1.46. The van der Waals surface area contributed by atoms with Crippen LogP contribution in [0.4, 0.5) is 0 Å². The molecule has 2 aromatic carbocycles. The number of hydrogen-bond acceptors (Lipinski definition) is 3. The lowest BCUT2D eigenvalue weighted by atomic mass is 9.77. The molecule has 1 aliphatic heterocycles. The van der Waals surface area contributed by atoms with Gasteiger partial charge in [0.1, 0.15) is 0 Å². The summed E-state index contributed by atoms with van der Waals surface area (Å²) >= 11 is 0. The zero-order valence-corrected chi connectivity index (χ0v) is 18.0. The molecule has 3 nitrogen and oxygen atoms in total. The lowest BCUT2D eigenvalue weighted by Gasteiger charge is -2.40. The number of phenols is 1. The van der Waals surface area contributed by atoms with E-state index < -0.39 is 0 Å². The minimum atomic E-state index is 0.325. The third-order valence-electron chi connectivity index (χ3n) is 6.71. The molecule has 4 rings (SSSR count). The summed E-state index contributed by atoms with van der Waals surface area (Å²) in [5, 5.41) is 11.1. The molecule has 2 aliphatic rings. The van der Waals surface area contributed by atoms with Gasteiger partial charge in [0.05, 0.1) is 6.61 Å². The molecular weight excluding hydrogens is 358 g/mol. The molecule has 0 aromatic heterocycles. The fourth-order valence-electron chi connectivity index (χ4n) is 5.02. The first-order valence-corrected chi connectivity index (χ1v) is 11.5. The van der Waals surface area contributed by atoms with Gasteiger partial charge >= 0.3 is 0 Å². The standard InChI is InChI=1S/C26H35NO2/c1-3-4-5-6-7-8-9-17-29-23-14-13-20-18-22-24-19(15-16-27(22)2)11-10-12-21(24)25(20)26(23)28/h10-14,22,28H,3-9,15-18H2,1-2H3/t22-/m1/s1. The van der Waals surface area contributed by atoms with Crippen LogP contribution in [0.1, 0.15) is 74.6 Å². The summed E-state index contributed by atoms with van der Waals surface area (Å²) in [6.07, 6.45) is 10.9. The zero-order valence-electron chi connectivity index (χ0n) is 18.0. The fourth-order valence-corrected chi connectivity index (χ4v) is 5.02. The van der Waals surface area contributed by atoms with E-state index in [0.717, 1.165) is 31.4 Å². The highest BCUT2D eigenvalue weighted by Crippen LogP contribution is 2.50. The molecule has 0 bridgehead atoms. The molecule has 156 valence electrons. The van der Waals surface area contributed by atoms with Gasteiger partial charge in [0.2, 0.25) is 0 Å². The number of nitrogens with zero attached hydrogens (tertiary/aromatic N) is 1. The molecule has 1 N–H and O–H groups in total. The number of aromatic hydroxyl groups is 1. The van der Waals surface area contributed by atoms with Crippen LogP contribution in [-0.4, -0.2) is 30.2 Å². The average molecular weight is 394 g/mol. The Morgan fingerprint density at radius 3 is 2.62 bits per heavy atom. The van der Waals surface area contributed by atoms with Crippen molar-refractivity contribution in [3.8, 4) is 22.6 Å². The molecule has 1 heterocycles. The van der Waals surface area contributed by atoms with Gasteiger partial charge in [0.15, 0.2) is 11.5 Å². The molecule has 0 radical (unpaired) electrons. The van der Waals surface area contributed by atoms with Crippen LogP contribution in [0.25, 0.3) is 11.1 Å². The first-order chi connectivity index (χ1) is 14.2. The summed E-state index contributed by atoms with van der Waals surface area (Å²) in [6, 6.07) is 11.1. The Hall–Kier alpha value is -2.00. The lowest BCUT2D eigenvalue weighted by Crippen LogP contribution is -2.35. The molecule has 0 saturated heterocycles. The largest absolute Gasteiger partial charge is 0.504 e. The van der Waals surface area contributed by atoms with Gasteiger partial charge in [0.25, 0.3) is 0 Å². The number of fused-ring (bicyclic) bond motifs is 2. The Labute approximate surface area is 175 Å². The molecule has 0 amide bonds. The zero-order chi connectivity index (χ0) is 20.2. The second kappa shape index (κ2) is 9.21. The van der Waals surface area contributed by atoms with Crippen molar-refractivity contribution in [2.75, 3.05) is 20.2 Å². The first kappa shape index (κ1) is 20.3. The molecule has 0 spiro atoms. The number of ether oxygens (including phenoxy) is 1. The highest BCUT2D eigenvalue weighted by Gasteiger charge is 2.34. The number of hydrogen-bond donors (Lipinski definition) is 1. The fraction of sp³-hybridized carbons (Fsp3) is 0.538. The quantitative estimate of drug-likeness (QED) is 0.509. The van der Waals surface area contributed by atoms with E-state index in [4.69, 9.17) is 4.74 Å². The van der Waals surface area contributed by atoms with Gasteiger partial charge in [-0.1, -0.05) is 69.7 Å². The van der Waals surface area contributed by atoms with Crippen LogP contribution < -0.4 is 4.74 Å². The smallest absolute Gasteiger partial charge is 0.165 e. The number of phenolic OH excluding ortho intramolecular Hbond substituents is 1. The van der Waals surface area contributed by atoms with Gasteiger partial charge in [-0.05, 0) is 54.6 Å². The second-order valence-electron chi connectivity index (χ2n) is 8.75. The topological polar surface area (TPSA) is 32.7 Å². The highest BCUT2D eigenvalue weighted by molar-refractivity contribution is 5.82. The molecule has 1 atom stereocenters. The Bertz CT molecular complexity index is 845. The predicted molar refractivity (Wildman–Crippen MR) is 120 cm³/mol. The van der Waals surface area contributed by atoms with E-state index in [2.05, 4.69) is 43.1 Å². The Morgan fingerprint density at radius 2 is 1.79 bits per heavy atom. The van der Waals surface area contributed by atoms with Crippen molar-refractivity contribution in [3.05, 3.63) is 47.0 Å². The van der Waals surface area contributed by atoms with Crippen molar-refractivity contribution < 1.29 is 9.84 Å². The SMILES string of the molecule is CCCCCCCCCOc1ccc2c(c1O)-c1cccc3c1[C@@H](C2)N(C)CC3. The molecule has 3 heteroatoms. The van der Waals surface area contributed by atoms with E-state index in [0.29, 0.717) is 24.1 Å². The number of rotatable bonds is 9. The van der Waals surface area contributed by atoms with Crippen molar-refractivity contribution in [2.24, 2.45) is 0 Å². The van der Waals surface area contributed by atoms with Crippen molar-refractivity contribution in [1.82, 2.24) is 4.90 Å². The summed E-state index contributed by atoms with van der Waals surface area (Å²) < 4.78 is 6.00. The van der Waals surface area contributed by atoms with Crippen molar-refractivity contribution in [2.45, 2.75) is 70.8 Å². The first-order valence-electron chi connectivity index (χ1n) is 11.5. The van der Waals surface area contributed by atoms with Crippen molar-refractivity contribution >= 4 is 0 Å². The van der Waals surface area contributed by atoms with Gasteiger partial charge < -0.3 is 9.84 Å². The van der Waals surface area contributed by atoms with Crippen LogP contribution in [0.3, 0.4) is 0 Å². The van der Waals surface area contributed by atoms with Crippen molar-refractivity contribution in [1.29, 1.82) is 0 Å². The van der Waals surface area contributed by atoms with E-state index in [9.17, 15) is 5.11 Å². The minimum Gasteiger partial charge on any atom is -0.504 e. The maximum Gasteiger partial charge on any atom is 0.165 e. The van der Waals surface area contributed by atoms with Gasteiger partial charge in [-0.3, -0.25) is 4.90 Å². The molecule has 29 heavy (non-hydrogen) atoms. The van der Waals surface area contributed by atoms with Gasteiger partial charge in [0, 0.05) is 18.2 Å². The maximum absolute atomic E-state index is 11.1. The van der Waals surface area contributed by atoms with E-state index in [-0.39, 0.29) is 0 Å². The van der Waals surface area contributed by atoms with Crippen molar-refractivity contribution in [3.63, 3.8) is 0 Å². The van der Waals surface area contributed by atoms with E-state index in [1.165, 1.54) is 60.8 Å². The summed E-state index contributed by atoms with van der Waals surface area (Å²) in [5.41, 5.74) is 6.26. The third kappa shape index (κ3) is 4.16. The van der Waals surface area contributed by atoms with E-state index in [1.807, 2.05) is 6.07 Å². The maximum atomic E-state index is 11.1. The summed E-state index contributed by atoms with van der Waals surface area (Å²) in [4.78, 5) is 2.46. The average Bonchev–Trinajstić information content (AvgIpc) is 2.74. The van der Waals surface area contributed by atoms with Crippen LogP contribution in [0.5, 0.6) is 11.5 Å². The van der Waals surface area contributed by atoms with Crippen LogP contribution in [0.2, 0.25) is 0 Å². The Kier molecular flexibility index (Phi) is 6.44. The van der Waals surface area contributed by atoms with Gasteiger partial charge in [-0.15, -0.1) is 0 Å². The number of likely N-dealkylation sites (N-methyl/N-ethyl adjacent to an activating group) is 1. The molecule has 0 fully saturated rings. The van der Waals surface area contributed by atoms with Gasteiger partial charge in [-0.2, -0.15) is 0 Å². The molecule has 2 aromatic rings. The number of unbranched alkanes of at least 4 members (excludes halogenated alkanes) is 6. The molecule has 1 aliphatic carbocycles. The van der Waals surface area contributed by atoms with E-state index in [1.54, 1.807) is 0 Å². The summed E-state index contributed by atoms with van der Waals surface area (Å²) in [6.45, 7) is 4.03. The van der Waals surface area contributed by atoms with Crippen LogP contribution in [0.15, 0.2) is 30.3 Å². The summed E-state index contributed by atoms with van der Waals surface area (Å²) in [7, 11) is 2.22. The normalized spacial score (nSPS) is 17.7. The second-order valence-corrected chi connectivity index (χ2v) is 8.75. The highest BCUT2D eigenvalue weighted by atomic mass is 16.5. The molecule has 0 unspecified atom stereocenters. The van der Waals surface area contributed by atoms with Crippen LogP contribution in [0, 0.1) is 0 Å². The number of benzene rings is 2. The van der Waals surface area contributed by atoms with E-state index >= 15 is 0 Å². The molecule has 0 saturated carbocycles. The monoisotopic (exact) mass is 393 g/mol. The molecular formula is C26H35NO2. The van der Waals surface area contributed by atoms with Crippen LogP contribution >= 0.6 is 0 Å². The minimum absolute atomic E-state index is 0.325.